The van der Waals surface area contributed by atoms with Crippen molar-refractivity contribution in [3.63, 3.8) is 0 Å². The molecule has 7 nitrogen and oxygen atoms in total. The average Bonchev–Trinajstić information content (AvgIpc) is 2.61. The first kappa shape index (κ1) is 14.1. The molecule has 0 unspecified atom stereocenters. The van der Waals surface area contributed by atoms with Crippen molar-refractivity contribution in [1.29, 1.82) is 0 Å². The lowest BCUT2D eigenvalue weighted by Crippen LogP contribution is -2.38. The Morgan fingerprint density at radius 3 is 2.61 bits per heavy atom. The van der Waals surface area contributed by atoms with Gasteiger partial charge in [0, 0.05) is 6.20 Å². The Morgan fingerprint density at radius 2 is 2.06 bits per heavy atom. The van der Waals surface area contributed by atoms with E-state index in [-0.39, 0.29) is 6.61 Å². The number of nitrogens with one attached hydrogen (secondary N) is 1. The molecule has 1 fully saturated rings. The zero-order valence-corrected chi connectivity index (χ0v) is 12.0. The van der Waals surface area contributed by atoms with Crippen LogP contribution >= 0.6 is 34.4 Å². The minimum Gasteiger partial charge on any atom is -0.395 e. The van der Waals surface area contributed by atoms with E-state index in [9.17, 15) is 19.8 Å². The topological polar surface area (TPSA) is 116 Å². The molecule has 1 aliphatic heterocycles. The third kappa shape index (κ3) is 2.37. The van der Waals surface area contributed by atoms with Gasteiger partial charge < -0.3 is 15.3 Å². The van der Waals surface area contributed by atoms with Crippen LogP contribution in [0, 0.1) is 3.57 Å². The summed E-state index contributed by atoms with van der Waals surface area (Å²) in [5.41, 5.74) is -1.14. The second kappa shape index (κ2) is 5.33. The van der Waals surface area contributed by atoms with Gasteiger partial charge in [-0.15, -0.1) is 11.8 Å². The molecule has 9 heteroatoms. The van der Waals surface area contributed by atoms with E-state index in [4.69, 9.17) is 5.11 Å². The van der Waals surface area contributed by atoms with E-state index in [0.29, 0.717) is 3.57 Å². The highest BCUT2D eigenvalue weighted by Crippen LogP contribution is 2.40. The van der Waals surface area contributed by atoms with Gasteiger partial charge in [-0.25, -0.2) is 4.79 Å². The maximum absolute atomic E-state index is 11.7. The molecule has 18 heavy (non-hydrogen) atoms. The highest BCUT2D eigenvalue weighted by molar-refractivity contribution is 14.1. The first-order chi connectivity index (χ1) is 8.45. The second-order valence-corrected chi connectivity index (χ2v) is 6.40. The van der Waals surface area contributed by atoms with Gasteiger partial charge in [0.15, 0.2) is 0 Å². The normalized spacial score (nSPS) is 31.8. The van der Waals surface area contributed by atoms with Crippen LogP contribution in [-0.4, -0.2) is 48.9 Å². The number of hydrogen-bond acceptors (Lipinski definition) is 6. The number of halogens is 1. The summed E-state index contributed by atoms with van der Waals surface area (Å²) in [6.45, 7) is -0.297. The van der Waals surface area contributed by atoms with E-state index < -0.39 is 34.1 Å². The number of hydrogen-bond donors (Lipinski definition) is 4. The number of H-pyrrole nitrogens is 1. The Balaban J connectivity index is 2.42. The van der Waals surface area contributed by atoms with Gasteiger partial charge in [0.2, 0.25) is 0 Å². The van der Waals surface area contributed by atoms with Crippen LogP contribution in [0.4, 0.5) is 0 Å². The van der Waals surface area contributed by atoms with Gasteiger partial charge in [-0.05, 0) is 22.6 Å². The summed E-state index contributed by atoms with van der Waals surface area (Å²) >= 11 is 2.87. The maximum atomic E-state index is 11.7. The van der Waals surface area contributed by atoms with Gasteiger partial charge >= 0.3 is 5.69 Å². The van der Waals surface area contributed by atoms with Crippen molar-refractivity contribution >= 4 is 34.4 Å². The van der Waals surface area contributed by atoms with Crippen molar-refractivity contribution in [3.8, 4) is 0 Å². The average molecular weight is 386 g/mol. The highest BCUT2D eigenvalue weighted by Gasteiger charge is 2.43. The quantitative estimate of drug-likeness (QED) is 0.459. The fraction of sp³-hybridized carbons (Fsp3) is 0.556. The van der Waals surface area contributed by atoms with Crippen molar-refractivity contribution in [3.05, 3.63) is 30.6 Å². The molecule has 1 aliphatic rings. The molecule has 0 bridgehead atoms. The smallest absolute Gasteiger partial charge is 0.329 e. The zero-order chi connectivity index (χ0) is 13.4. The minimum absolute atomic E-state index is 0.297. The summed E-state index contributed by atoms with van der Waals surface area (Å²) in [6.07, 6.45) is -0.956. The maximum Gasteiger partial charge on any atom is 0.329 e. The van der Waals surface area contributed by atoms with Crippen LogP contribution in [0.25, 0.3) is 0 Å². The van der Waals surface area contributed by atoms with Crippen LogP contribution in [0.5, 0.6) is 0 Å². The molecule has 0 saturated carbocycles. The Bertz CT molecular complexity index is 559. The predicted octanol–water partition coefficient (Wildman–Crippen LogP) is -1.53. The number of aromatic nitrogens is 2. The van der Waals surface area contributed by atoms with Crippen LogP contribution in [-0.2, 0) is 0 Å². The number of aromatic amines is 1. The third-order valence-corrected chi connectivity index (χ3v) is 5.05. The van der Waals surface area contributed by atoms with Crippen LogP contribution in [0.2, 0.25) is 0 Å². The first-order valence-corrected chi connectivity index (χ1v) is 7.11. The van der Waals surface area contributed by atoms with Gasteiger partial charge in [0.25, 0.3) is 5.56 Å². The molecule has 1 saturated heterocycles. The summed E-state index contributed by atoms with van der Waals surface area (Å²) in [5, 5.41) is 27.3. The molecule has 2 heterocycles. The van der Waals surface area contributed by atoms with Crippen molar-refractivity contribution in [2.24, 2.45) is 0 Å². The first-order valence-electron chi connectivity index (χ1n) is 5.09. The highest BCUT2D eigenvalue weighted by atomic mass is 127. The lowest BCUT2D eigenvalue weighted by atomic mass is 10.1. The number of rotatable bonds is 2. The van der Waals surface area contributed by atoms with E-state index in [1.54, 1.807) is 22.6 Å². The number of aliphatic hydroxyl groups is 3. The lowest BCUT2D eigenvalue weighted by Gasteiger charge is -2.17. The van der Waals surface area contributed by atoms with E-state index in [1.165, 1.54) is 6.20 Å². The van der Waals surface area contributed by atoms with Crippen LogP contribution in [0.3, 0.4) is 0 Å². The van der Waals surface area contributed by atoms with E-state index in [2.05, 4.69) is 4.98 Å². The van der Waals surface area contributed by atoms with Gasteiger partial charge in [0.05, 0.1) is 21.5 Å². The summed E-state index contributed by atoms with van der Waals surface area (Å²) in [5.74, 6) is 0. The molecule has 0 amide bonds. The monoisotopic (exact) mass is 386 g/mol. The summed E-state index contributed by atoms with van der Waals surface area (Å²) in [4.78, 5) is 25.0. The van der Waals surface area contributed by atoms with E-state index in [1.807, 2.05) is 0 Å². The van der Waals surface area contributed by atoms with Crippen LogP contribution < -0.4 is 11.2 Å². The molecule has 4 N–H and O–H groups in total. The van der Waals surface area contributed by atoms with Gasteiger partial charge in [-0.1, -0.05) is 0 Å². The number of aliphatic hydroxyl groups excluding tert-OH is 3. The van der Waals surface area contributed by atoms with Crippen molar-refractivity contribution in [2.45, 2.75) is 22.8 Å². The molecule has 0 aliphatic carbocycles. The molecule has 1 aromatic rings. The number of thioether (sulfide) groups is 1. The van der Waals surface area contributed by atoms with Crippen molar-refractivity contribution in [2.75, 3.05) is 6.61 Å². The molecule has 0 aromatic carbocycles. The third-order valence-electron chi connectivity index (χ3n) is 2.72. The number of nitrogens with zero attached hydrogens (tertiary/aromatic N) is 1. The summed E-state index contributed by atoms with van der Waals surface area (Å²) in [6, 6.07) is 0. The van der Waals surface area contributed by atoms with Crippen molar-refractivity contribution in [1.82, 2.24) is 9.55 Å². The Morgan fingerprint density at radius 1 is 1.39 bits per heavy atom. The molecule has 2 rings (SSSR count). The van der Waals surface area contributed by atoms with Crippen LogP contribution in [0.15, 0.2) is 15.8 Å². The summed E-state index contributed by atoms with van der Waals surface area (Å²) < 4.78 is 1.47. The fourth-order valence-corrected chi connectivity index (χ4v) is 3.57. The molecule has 1 aromatic heterocycles. The van der Waals surface area contributed by atoms with Gasteiger partial charge in [-0.2, -0.15) is 0 Å². The molecule has 0 radical (unpaired) electrons. The predicted molar refractivity (Wildman–Crippen MR) is 73.6 cm³/mol. The Labute approximate surface area is 119 Å². The van der Waals surface area contributed by atoms with E-state index in [0.717, 1.165) is 16.3 Å². The SMILES string of the molecule is O=c1[nH]c(=O)n([C@@H]2S[C@H](CO)[C@@H](O)[C@@H]2O)cc1I. The second-order valence-electron chi connectivity index (χ2n) is 3.87. The summed E-state index contributed by atoms with van der Waals surface area (Å²) in [7, 11) is 0. The van der Waals surface area contributed by atoms with Crippen molar-refractivity contribution < 1.29 is 15.3 Å². The molecule has 100 valence electrons. The fourth-order valence-electron chi connectivity index (χ4n) is 1.76. The minimum atomic E-state index is -1.17. The van der Waals surface area contributed by atoms with Gasteiger partial charge in [-0.3, -0.25) is 14.3 Å². The Kier molecular flexibility index (Phi) is 4.16. The zero-order valence-electron chi connectivity index (χ0n) is 8.99. The molecule has 0 spiro atoms. The van der Waals surface area contributed by atoms with Gasteiger partial charge in [0.1, 0.15) is 11.5 Å². The Hall–Kier alpha value is -0.360. The standard InChI is InChI=1S/C9H11IN2O5S/c10-3-1-12(9(17)11-7(3)16)8-6(15)5(14)4(2-13)18-8/h1,4-6,8,13-15H,2H2,(H,11,16,17)/t4-,5-,6+,8-/m1/s1. The molecular weight excluding hydrogens is 375 g/mol. The molecular formula is C9H11IN2O5S. The largest absolute Gasteiger partial charge is 0.395 e. The van der Waals surface area contributed by atoms with Crippen LogP contribution in [0.1, 0.15) is 5.37 Å². The lowest BCUT2D eigenvalue weighted by molar-refractivity contribution is 0.0101. The van der Waals surface area contributed by atoms with E-state index >= 15 is 0 Å². The molecule has 4 atom stereocenters.